The molecular weight excluding hydrogens is 660 g/mol. The quantitative estimate of drug-likeness (QED) is 0.189. The van der Waals surface area contributed by atoms with Crippen LogP contribution in [0.4, 0.5) is 4.79 Å². The van der Waals surface area contributed by atoms with Crippen molar-refractivity contribution in [3.05, 3.63) is 68.9 Å². The number of benzene rings is 2. The maximum Gasteiger partial charge on any atom is 0.408 e. The standard InChI is InChI=1S/C29H28Br2N4O6/c1-15(36)34-13-21(19-8-6-17(30)10-24(19)34)23(33-28(40)41-29(3,4)5)12-32-27(39)26(38)22-14-35(16(2)37)25-11-18(31)7-9-20(22)25/h6-11,13-14,23H,12H2,1-5H3,(H,32,39)(H,33,40). The largest absolute Gasteiger partial charge is 0.444 e. The number of nitrogens with zero attached hydrogens (tertiary/aromatic N) is 2. The number of rotatable bonds is 6. The summed E-state index contributed by atoms with van der Waals surface area (Å²) in [5, 5.41) is 6.48. The van der Waals surface area contributed by atoms with Gasteiger partial charge in [-0.3, -0.25) is 28.3 Å². The van der Waals surface area contributed by atoms with Crippen molar-refractivity contribution in [1.29, 1.82) is 0 Å². The van der Waals surface area contributed by atoms with Gasteiger partial charge in [0.25, 0.3) is 11.7 Å². The zero-order valence-electron chi connectivity index (χ0n) is 23.0. The van der Waals surface area contributed by atoms with Crippen LogP contribution in [0, 0.1) is 0 Å². The number of hydrogen-bond acceptors (Lipinski definition) is 6. The number of hydrogen-bond donors (Lipinski definition) is 2. The summed E-state index contributed by atoms with van der Waals surface area (Å²) in [6, 6.07) is 9.56. The average Bonchev–Trinajstić information content (AvgIpc) is 3.43. The number of ether oxygens (including phenoxy) is 1. The van der Waals surface area contributed by atoms with E-state index in [1.54, 1.807) is 63.4 Å². The first-order valence-electron chi connectivity index (χ1n) is 12.6. The molecule has 0 spiro atoms. The number of aromatic nitrogens is 2. The highest BCUT2D eigenvalue weighted by Gasteiger charge is 2.27. The van der Waals surface area contributed by atoms with Crippen LogP contribution in [0.1, 0.15) is 66.2 Å². The van der Waals surface area contributed by atoms with Crippen molar-refractivity contribution in [3.63, 3.8) is 0 Å². The highest BCUT2D eigenvalue weighted by atomic mass is 79.9. The predicted molar refractivity (Wildman–Crippen MR) is 161 cm³/mol. The molecule has 0 saturated carbocycles. The monoisotopic (exact) mass is 686 g/mol. The smallest absolute Gasteiger partial charge is 0.408 e. The number of carbonyl (C=O) groups is 5. The molecule has 2 N–H and O–H groups in total. The summed E-state index contributed by atoms with van der Waals surface area (Å²) in [7, 11) is 0. The average molecular weight is 688 g/mol. The highest BCUT2D eigenvalue weighted by Crippen LogP contribution is 2.30. The molecule has 0 radical (unpaired) electrons. The first-order chi connectivity index (χ1) is 19.2. The van der Waals surface area contributed by atoms with Gasteiger partial charge in [0.2, 0.25) is 11.8 Å². The first-order valence-corrected chi connectivity index (χ1v) is 14.2. The molecule has 1 unspecified atom stereocenters. The van der Waals surface area contributed by atoms with Crippen LogP contribution in [0.2, 0.25) is 0 Å². The van der Waals surface area contributed by atoms with E-state index in [0.29, 0.717) is 31.8 Å². The molecule has 1 atom stereocenters. The molecule has 0 bridgehead atoms. The van der Waals surface area contributed by atoms with E-state index in [1.807, 2.05) is 0 Å². The van der Waals surface area contributed by atoms with Crippen LogP contribution >= 0.6 is 31.9 Å². The number of carbonyl (C=O) groups excluding carboxylic acids is 5. The number of alkyl carbamates (subject to hydrolysis) is 1. The van der Waals surface area contributed by atoms with Crippen molar-refractivity contribution >= 4 is 83.3 Å². The molecule has 2 aromatic heterocycles. The molecule has 4 rings (SSSR count). The SMILES string of the molecule is CC(=O)n1cc(C(=O)C(=O)NCC(NC(=O)OC(C)(C)C)c2cn(C(C)=O)c3cc(Br)ccc23)c2ccc(Br)cc21. The van der Waals surface area contributed by atoms with Crippen molar-refractivity contribution in [2.45, 2.75) is 46.3 Å². The molecule has 41 heavy (non-hydrogen) atoms. The molecule has 2 heterocycles. The Hall–Kier alpha value is -3.77. The van der Waals surface area contributed by atoms with E-state index < -0.39 is 29.4 Å². The Morgan fingerprint density at radius 2 is 1.39 bits per heavy atom. The van der Waals surface area contributed by atoms with Crippen molar-refractivity contribution in [1.82, 2.24) is 19.8 Å². The third kappa shape index (κ3) is 6.59. The predicted octanol–water partition coefficient (Wildman–Crippen LogP) is 6.01. The van der Waals surface area contributed by atoms with E-state index in [0.717, 1.165) is 4.47 Å². The molecule has 0 aliphatic heterocycles. The molecular formula is C29H28Br2N4O6. The van der Waals surface area contributed by atoms with E-state index in [-0.39, 0.29) is 23.9 Å². The Morgan fingerprint density at radius 3 is 1.95 bits per heavy atom. The minimum atomic E-state index is -0.926. The van der Waals surface area contributed by atoms with E-state index in [9.17, 15) is 24.0 Å². The number of amides is 2. The summed E-state index contributed by atoms with van der Waals surface area (Å²) < 4.78 is 9.65. The van der Waals surface area contributed by atoms with Crippen molar-refractivity contribution in [3.8, 4) is 0 Å². The minimum Gasteiger partial charge on any atom is -0.444 e. The lowest BCUT2D eigenvalue weighted by atomic mass is 10.1. The van der Waals surface area contributed by atoms with E-state index >= 15 is 0 Å². The van der Waals surface area contributed by atoms with Gasteiger partial charge >= 0.3 is 6.09 Å². The molecule has 0 aliphatic rings. The molecule has 10 nitrogen and oxygen atoms in total. The van der Waals surface area contributed by atoms with Crippen molar-refractivity contribution in [2.24, 2.45) is 0 Å². The zero-order chi connectivity index (χ0) is 30.2. The second-order valence-electron chi connectivity index (χ2n) is 10.5. The molecule has 2 amide bonds. The lowest BCUT2D eigenvalue weighted by Gasteiger charge is -2.24. The number of ketones is 1. The molecule has 4 aromatic rings. The van der Waals surface area contributed by atoms with Gasteiger partial charge in [-0.05, 0) is 45.0 Å². The van der Waals surface area contributed by atoms with Gasteiger partial charge in [-0.15, -0.1) is 0 Å². The lowest BCUT2D eigenvalue weighted by Crippen LogP contribution is -2.42. The van der Waals surface area contributed by atoms with E-state index in [2.05, 4.69) is 42.5 Å². The molecule has 0 aliphatic carbocycles. The van der Waals surface area contributed by atoms with Crippen LogP contribution in [-0.2, 0) is 9.53 Å². The summed E-state index contributed by atoms with van der Waals surface area (Å²) in [5.41, 5.74) is 0.903. The Bertz CT molecular complexity index is 1730. The van der Waals surface area contributed by atoms with Crippen molar-refractivity contribution in [2.75, 3.05) is 6.54 Å². The Kier molecular flexibility index (Phi) is 8.55. The summed E-state index contributed by atoms with van der Waals surface area (Å²) in [6.45, 7) is 7.74. The van der Waals surface area contributed by atoms with Gasteiger partial charge < -0.3 is 15.4 Å². The molecule has 0 fully saturated rings. The summed E-state index contributed by atoms with van der Waals surface area (Å²) in [4.78, 5) is 63.8. The van der Waals surface area contributed by atoms with Crippen LogP contribution in [0.15, 0.2) is 57.7 Å². The molecule has 2 aromatic carbocycles. The van der Waals surface area contributed by atoms with E-state index in [1.165, 1.54) is 29.2 Å². The van der Waals surface area contributed by atoms with Gasteiger partial charge in [-0.25, -0.2) is 4.79 Å². The number of Topliss-reactive ketones (excluding diaryl/α,β-unsaturated/α-hetero) is 1. The fourth-order valence-electron chi connectivity index (χ4n) is 4.49. The van der Waals surface area contributed by atoms with Crippen LogP contribution < -0.4 is 10.6 Å². The van der Waals surface area contributed by atoms with Gasteiger partial charge in [0.1, 0.15) is 5.60 Å². The van der Waals surface area contributed by atoms with Crippen LogP contribution in [0.5, 0.6) is 0 Å². The maximum absolute atomic E-state index is 13.3. The fourth-order valence-corrected chi connectivity index (χ4v) is 5.19. The Balaban J connectivity index is 1.67. The molecule has 12 heteroatoms. The Labute approximate surface area is 252 Å². The Morgan fingerprint density at radius 1 is 0.854 bits per heavy atom. The number of halogens is 2. The third-order valence-corrected chi connectivity index (χ3v) is 7.22. The van der Waals surface area contributed by atoms with Crippen LogP contribution in [-0.4, -0.2) is 50.9 Å². The van der Waals surface area contributed by atoms with Gasteiger partial charge in [0.05, 0.1) is 22.6 Å². The number of fused-ring (bicyclic) bond motifs is 2. The van der Waals surface area contributed by atoms with Crippen LogP contribution in [0.3, 0.4) is 0 Å². The fraction of sp³-hybridized carbons (Fsp3) is 0.276. The maximum atomic E-state index is 13.3. The first kappa shape index (κ1) is 30.2. The summed E-state index contributed by atoms with van der Waals surface area (Å²) >= 11 is 6.78. The van der Waals surface area contributed by atoms with E-state index in [4.69, 9.17) is 4.74 Å². The third-order valence-electron chi connectivity index (χ3n) is 6.23. The minimum absolute atomic E-state index is 0.0647. The second-order valence-corrected chi connectivity index (χ2v) is 12.3. The van der Waals surface area contributed by atoms with Crippen molar-refractivity contribution < 1.29 is 28.7 Å². The number of nitrogens with one attached hydrogen (secondary N) is 2. The summed E-state index contributed by atoms with van der Waals surface area (Å²) in [6.07, 6.45) is 2.20. The van der Waals surface area contributed by atoms with Gasteiger partial charge in [-0.2, -0.15) is 0 Å². The zero-order valence-corrected chi connectivity index (χ0v) is 26.2. The lowest BCUT2D eigenvalue weighted by molar-refractivity contribution is -0.117. The second kappa shape index (κ2) is 11.6. The van der Waals surface area contributed by atoms with Crippen LogP contribution in [0.25, 0.3) is 21.8 Å². The normalized spacial score (nSPS) is 12.3. The highest BCUT2D eigenvalue weighted by molar-refractivity contribution is 9.10. The molecule has 214 valence electrons. The van der Waals surface area contributed by atoms with Gasteiger partial charge in [-0.1, -0.05) is 44.0 Å². The topological polar surface area (TPSA) is 128 Å². The summed E-state index contributed by atoms with van der Waals surface area (Å²) in [5.74, 6) is -2.33. The van der Waals surface area contributed by atoms with Gasteiger partial charge in [0, 0.05) is 58.1 Å². The molecule has 0 saturated heterocycles. The van der Waals surface area contributed by atoms with Gasteiger partial charge in [0.15, 0.2) is 0 Å².